The Hall–Kier alpha value is -1.68. The Balaban J connectivity index is 2.47. The van der Waals surface area contributed by atoms with Gasteiger partial charge in [-0.2, -0.15) is 0 Å². The predicted molar refractivity (Wildman–Crippen MR) is 55.9 cm³/mol. The van der Waals surface area contributed by atoms with Crippen molar-refractivity contribution in [2.75, 3.05) is 19.8 Å². The summed E-state index contributed by atoms with van der Waals surface area (Å²) in [6, 6.07) is 3.59. The molecular weight excluding hydrogens is 192 g/mol. The van der Waals surface area contributed by atoms with E-state index in [0.717, 1.165) is 0 Å². The molecule has 78 valence electrons. The van der Waals surface area contributed by atoms with Gasteiger partial charge in [0.1, 0.15) is 25.1 Å². The third-order valence-corrected chi connectivity index (χ3v) is 1.68. The van der Waals surface area contributed by atoms with Crippen LogP contribution in [0.1, 0.15) is 11.9 Å². The lowest BCUT2D eigenvalue weighted by atomic mass is 10.3. The van der Waals surface area contributed by atoms with Crippen molar-refractivity contribution in [3.63, 3.8) is 0 Å². The molecule has 0 N–H and O–H groups in total. The standard InChI is InChI=1S/C12H12O3/c1-3-7-13-10-12(14-8-4-2)11-6-5-9-15-11/h1-2,5-6,9,12H,7-8,10H2. The molecule has 0 aliphatic carbocycles. The van der Waals surface area contributed by atoms with Crippen molar-refractivity contribution in [2.24, 2.45) is 0 Å². The second-order valence-electron chi connectivity index (χ2n) is 2.74. The first kappa shape index (κ1) is 11.4. The van der Waals surface area contributed by atoms with E-state index in [0.29, 0.717) is 12.4 Å². The lowest BCUT2D eigenvalue weighted by molar-refractivity contribution is -0.00753. The normalized spacial score (nSPS) is 11.6. The predicted octanol–water partition coefficient (Wildman–Crippen LogP) is 1.62. The van der Waals surface area contributed by atoms with E-state index in [-0.39, 0.29) is 19.3 Å². The van der Waals surface area contributed by atoms with Gasteiger partial charge < -0.3 is 13.9 Å². The quantitative estimate of drug-likeness (QED) is 0.521. The number of hydrogen-bond acceptors (Lipinski definition) is 3. The van der Waals surface area contributed by atoms with Gasteiger partial charge in [0, 0.05) is 0 Å². The molecule has 3 nitrogen and oxygen atoms in total. The average molecular weight is 204 g/mol. The fourth-order valence-corrected chi connectivity index (χ4v) is 1.06. The van der Waals surface area contributed by atoms with Gasteiger partial charge in [-0.1, -0.05) is 11.8 Å². The maximum absolute atomic E-state index is 5.36. The summed E-state index contributed by atoms with van der Waals surface area (Å²) in [4.78, 5) is 0. The van der Waals surface area contributed by atoms with Gasteiger partial charge in [0.25, 0.3) is 0 Å². The molecule has 1 aromatic heterocycles. The fraction of sp³-hybridized carbons (Fsp3) is 0.333. The Bertz CT molecular complexity index is 340. The van der Waals surface area contributed by atoms with Gasteiger partial charge in [-0.3, -0.25) is 0 Å². The zero-order chi connectivity index (χ0) is 10.9. The van der Waals surface area contributed by atoms with Crippen molar-refractivity contribution in [1.82, 2.24) is 0 Å². The van der Waals surface area contributed by atoms with Gasteiger partial charge in [0.05, 0.1) is 12.9 Å². The minimum Gasteiger partial charge on any atom is -0.466 e. The van der Waals surface area contributed by atoms with Crippen molar-refractivity contribution in [1.29, 1.82) is 0 Å². The van der Waals surface area contributed by atoms with Crippen molar-refractivity contribution in [3.05, 3.63) is 24.2 Å². The molecule has 1 unspecified atom stereocenters. The molecule has 1 atom stereocenters. The molecule has 0 aliphatic rings. The van der Waals surface area contributed by atoms with Crippen LogP contribution in [0.4, 0.5) is 0 Å². The van der Waals surface area contributed by atoms with Gasteiger partial charge in [0.2, 0.25) is 0 Å². The number of hydrogen-bond donors (Lipinski definition) is 0. The summed E-state index contributed by atoms with van der Waals surface area (Å²) in [5.41, 5.74) is 0. The second kappa shape index (κ2) is 6.73. The molecule has 0 aliphatic heterocycles. The Morgan fingerprint density at radius 1 is 1.33 bits per heavy atom. The van der Waals surface area contributed by atoms with E-state index in [1.807, 2.05) is 0 Å². The number of rotatable bonds is 6. The van der Waals surface area contributed by atoms with Crippen LogP contribution >= 0.6 is 0 Å². The van der Waals surface area contributed by atoms with E-state index in [2.05, 4.69) is 11.8 Å². The highest BCUT2D eigenvalue weighted by atomic mass is 16.5. The lowest BCUT2D eigenvalue weighted by Crippen LogP contribution is -2.11. The Morgan fingerprint density at radius 3 is 2.73 bits per heavy atom. The first-order valence-electron chi connectivity index (χ1n) is 4.48. The highest BCUT2D eigenvalue weighted by Gasteiger charge is 2.14. The zero-order valence-corrected chi connectivity index (χ0v) is 8.31. The van der Waals surface area contributed by atoms with Gasteiger partial charge in [-0.15, -0.1) is 12.8 Å². The van der Waals surface area contributed by atoms with Crippen molar-refractivity contribution in [2.45, 2.75) is 6.10 Å². The molecule has 0 amide bonds. The third-order valence-electron chi connectivity index (χ3n) is 1.68. The fourth-order valence-electron chi connectivity index (χ4n) is 1.06. The molecule has 15 heavy (non-hydrogen) atoms. The van der Waals surface area contributed by atoms with Gasteiger partial charge in [0.15, 0.2) is 0 Å². The van der Waals surface area contributed by atoms with Crippen LogP contribution < -0.4 is 0 Å². The van der Waals surface area contributed by atoms with Gasteiger partial charge in [-0.05, 0) is 12.1 Å². The summed E-state index contributed by atoms with van der Waals surface area (Å²) in [6.45, 7) is 0.792. The summed E-state index contributed by atoms with van der Waals surface area (Å²) in [5.74, 6) is 5.45. The summed E-state index contributed by atoms with van der Waals surface area (Å²) >= 11 is 0. The summed E-state index contributed by atoms with van der Waals surface area (Å²) in [7, 11) is 0. The highest BCUT2D eigenvalue weighted by molar-refractivity contribution is 5.03. The SMILES string of the molecule is C#CCOCC(OCC#C)c1ccco1. The molecule has 3 heteroatoms. The molecular formula is C12H12O3. The van der Waals surface area contributed by atoms with Crippen LogP contribution in [0.3, 0.4) is 0 Å². The van der Waals surface area contributed by atoms with E-state index in [1.165, 1.54) is 0 Å². The summed E-state index contributed by atoms with van der Waals surface area (Å²) in [5, 5.41) is 0. The van der Waals surface area contributed by atoms with Crippen LogP contribution in [0, 0.1) is 24.7 Å². The van der Waals surface area contributed by atoms with Crippen molar-refractivity contribution in [3.8, 4) is 24.7 Å². The van der Waals surface area contributed by atoms with Crippen LogP contribution in [-0.4, -0.2) is 19.8 Å². The van der Waals surface area contributed by atoms with E-state index in [9.17, 15) is 0 Å². The molecule has 1 rings (SSSR count). The first-order chi connectivity index (χ1) is 7.38. The minimum absolute atomic E-state index is 0.213. The van der Waals surface area contributed by atoms with Crippen LogP contribution in [0.2, 0.25) is 0 Å². The maximum atomic E-state index is 5.36. The molecule has 0 saturated carbocycles. The number of ether oxygens (including phenoxy) is 2. The van der Waals surface area contributed by atoms with E-state index in [4.69, 9.17) is 26.7 Å². The van der Waals surface area contributed by atoms with Crippen molar-refractivity contribution >= 4 is 0 Å². The van der Waals surface area contributed by atoms with E-state index >= 15 is 0 Å². The summed E-state index contributed by atoms with van der Waals surface area (Å²) in [6.07, 6.45) is 11.4. The summed E-state index contributed by atoms with van der Waals surface area (Å²) < 4.78 is 15.7. The van der Waals surface area contributed by atoms with Crippen LogP contribution in [0.25, 0.3) is 0 Å². The van der Waals surface area contributed by atoms with Crippen LogP contribution in [0.15, 0.2) is 22.8 Å². The van der Waals surface area contributed by atoms with Gasteiger partial charge >= 0.3 is 0 Å². The second-order valence-corrected chi connectivity index (χ2v) is 2.74. The molecule has 0 fully saturated rings. The van der Waals surface area contributed by atoms with Gasteiger partial charge in [-0.25, -0.2) is 0 Å². The largest absolute Gasteiger partial charge is 0.466 e. The molecule has 1 heterocycles. The molecule has 0 aromatic carbocycles. The van der Waals surface area contributed by atoms with Crippen LogP contribution in [-0.2, 0) is 9.47 Å². The Morgan fingerprint density at radius 2 is 2.13 bits per heavy atom. The lowest BCUT2D eigenvalue weighted by Gasteiger charge is -2.13. The molecule has 0 bridgehead atoms. The van der Waals surface area contributed by atoms with Crippen molar-refractivity contribution < 1.29 is 13.9 Å². The molecule has 0 radical (unpaired) electrons. The Kier molecular flexibility index (Phi) is 5.11. The number of furan rings is 1. The maximum Gasteiger partial charge on any atom is 0.140 e. The minimum atomic E-state index is -0.301. The van der Waals surface area contributed by atoms with E-state index in [1.54, 1.807) is 18.4 Å². The van der Waals surface area contributed by atoms with E-state index < -0.39 is 0 Å². The number of terminal acetylenes is 2. The van der Waals surface area contributed by atoms with Crippen LogP contribution in [0.5, 0.6) is 0 Å². The Labute approximate surface area is 89.4 Å². The molecule has 0 saturated heterocycles. The monoisotopic (exact) mass is 204 g/mol. The zero-order valence-electron chi connectivity index (χ0n) is 8.31. The molecule has 0 spiro atoms. The average Bonchev–Trinajstić information content (AvgIpc) is 2.76. The topological polar surface area (TPSA) is 31.6 Å². The third kappa shape index (κ3) is 3.91. The first-order valence-corrected chi connectivity index (χ1v) is 4.48. The smallest absolute Gasteiger partial charge is 0.140 e. The molecule has 1 aromatic rings. The highest BCUT2D eigenvalue weighted by Crippen LogP contribution is 2.17.